The van der Waals surface area contributed by atoms with Crippen LogP contribution in [0.1, 0.15) is 0 Å². The van der Waals surface area contributed by atoms with Crippen LogP contribution < -0.4 is 4.74 Å². The third-order valence-electron chi connectivity index (χ3n) is 2.10. The third-order valence-corrected chi connectivity index (χ3v) is 2.10. The predicted octanol–water partition coefficient (Wildman–Crippen LogP) is 1.25. The van der Waals surface area contributed by atoms with Gasteiger partial charge in [-0.1, -0.05) is 0 Å². The molecule has 7 heteroatoms. The Kier molecular flexibility index (Phi) is 2.28. The number of benzene rings is 1. The summed E-state index contributed by atoms with van der Waals surface area (Å²) in [5, 5.41) is 20.3. The Balaban J connectivity index is 2.84. The van der Waals surface area contributed by atoms with Gasteiger partial charge in [0.15, 0.2) is 5.75 Å². The van der Waals surface area contributed by atoms with E-state index < -0.39 is 4.92 Å². The first-order valence-electron chi connectivity index (χ1n) is 4.29. The van der Waals surface area contributed by atoms with E-state index in [0.29, 0.717) is 5.52 Å². The Hall–Kier alpha value is -2.44. The maximum atomic E-state index is 10.7. The Morgan fingerprint density at radius 2 is 2.19 bits per heavy atom. The van der Waals surface area contributed by atoms with Gasteiger partial charge in [-0.3, -0.25) is 10.1 Å². The highest BCUT2D eigenvalue weighted by Crippen LogP contribution is 2.32. The largest absolute Gasteiger partial charge is 0.494 e. The molecule has 7 nitrogen and oxygen atoms in total. The van der Waals surface area contributed by atoms with E-state index >= 15 is 0 Å². The van der Waals surface area contributed by atoms with Crippen LogP contribution in [0.3, 0.4) is 0 Å². The number of ether oxygens (including phenoxy) is 1. The quantitative estimate of drug-likeness (QED) is 0.605. The predicted molar refractivity (Wildman–Crippen MR) is 54.4 cm³/mol. The zero-order chi connectivity index (χ0) is 11.7. The number of hydrogen-bond acceptors (Lipinski definition) is 6. The van der Waals surface area contributed by atoms with Gasteiger partial charge >= 0.3 is 0 Å². The van der Waals surface area contributed by atoms with Crippen molar-refractivity contribution < 1.29 is 14.8 Å². The second-order valence-corrected chi connectivity index (χ2v) is 3.00. The monoisotopic (exact) mass is 221 g/mol. The van der Waals surface area contributed by atoms with E-state index in [-0.39, 0.29) is 22.7 Å². The molecule has 0 aliphatic heterocycles. The molecule has 0 unspecified atom stereocenters. The van der Waals surface area contributed by atoms with Crippen molar-refractivity contribution in [1.82, 2.24) is 9.97 Å². The first-order valence-corrected chi connectivity index (χ1v) is 4.29. The molecule has 0 saturated heterocycles. The second-order valence-electron chi connectivity index (χ2n) is 3.00. The van der Waals surface area contributed by atoms with Gasteiger partial charge in [0.25, 0.3) is 5.69 Å². The molecule has 0 aliphatic rings. The Bertz CT molecular complexity index is 570. The van der Waals surface area contributed by atoms with Crippen LogP contribution in [0.5, 0.6) is 11.6 Å². The van der Waals surface area contributed by atoms with E-state index in [1.807, 2.05) is 0 Å². The van der Waals surface area contributed by atoms with Crippen LogP contribution in [-0.2, 0) is 0 Å². The average Bonchev–Trinajstić information content (AvgIpc) is 2.28. The topological polar surface area (TPSA) is 98.4 Å². The summed E-state index contributed by atoms with van der Waals surface area (Å²) in [5.41, 5.74) is 0.148. The summed E-state index contributed by atoms with van der Waals surface area (Å²) in [6.07, 6.45) is 1.16. The smallest absolute Gasteiger partial charge is 0.274 e. The van der Waals surface area contributed by atoms with Gasteiger partial charge in [0.05, 0.1) is 23.5 Å². The highest BCUT2D eigenvalue weighted by atomic mass is 16.6. The molecule has 82 valence electrons. The molecule has 0 atom stereocenters. The molecule has 1 N–H and O–H groups in total. The molecule has 0 fully saturated rings. The summed E-state index contributed by atoms with van der Waals surface area (Å²) in [7, 11) is 1.37. The van der Waals surface area contributed by atoms with Crippen molar-refractivity contribution in [2.75, 3.05) is 7.11 Å². The van der Waals surface area contributed by atoms with Crippen molar-refractivity contribution in [3.63, 3.8) is 0 Å². The molecule has 2 aromatic rings. The molecule has 0 aliphatic carbocycles. The summed E-state index contributed by atoms with van der Waals surface area (Å²) in [5.74, 6) is -0.0890. The number of nitrogens with zero attached hydrogens (tertiary/aromatic N) is 3. The fraction of sp³-hybridized carbons (Fsp3) is 0.111. The summed E-state index contributed by atoms with van der Waals surface area (Å²) in [4.78, 5) is 17.5. The third kappa shape index (κ3) is 1.48. The minimum Gasteiger partial charge on any atom is -0.494 e. The van der Waals surface area contributed by atoms with Crippen molar-refractivity contribution in [2.45, 2.75) is 0 Å². The van der Waals surface area contributed by atoms with E-state index in [9.17, 15) is 15.2 Å². The van der Waals surface area contributed by atoms with Gasteiger partial charge in [-0.15, -0.1) is 0 Å². The van der Waals surface area contributed by atoms with Crippen molar-refractivity contribution in [2.24, 2.45) is 0 Å². The number of methoxy groups -OCH3 is 1. The van der Waals surface area contributed by atoms with Crippen molar-refractivity contribution in [3.8, 4) is 11.6 Å². The summed E-state index contributed by atoms with van der Waals surface area (Å²) in [6.45, 7) is 0. The zero-order valence-electron chi connectivity index (χ0n) is 8.25. The molecule has 0 amide bonds. The van der Waals surface area contributed by atoms with Gasteiger partial charge in [-0.2, -0.15) is 0 Å². The van der Waals surface area contributed by atoms with Crippen LogP contribution in [0, 0.1) is 10.1 Å². The maximum absolute atomic E-state index is 10.7. The summed E-state index contributed by atoms with van der Waals surface area (Å²) < 4.78 is 4.97. The van der Waals surface area contributed by atoms with E-state index in [1.165, 1.54) is 19.2 Å². The number of nitro groups is 1. The van der Waals surface area contributed by atoms with Crippen LogP contribution in [0.15, 0.2) is 18.5 Å². The first-order chi connectivity index (χ1) is 7.63. The van der Waals surface area contributed by atoms with Crippen LogP contribution >= 0.6 is 0 Å². The van der Waals surface area contributed by atoms with E-state index in [1.54, 1.807) is 0 Å². The standard InChI is InChI=1S/C9H7N3O4/c1-16-7-3-5(12(14)15)2-6-8(7)10-4-11-9(6)13/h2-4H,1H3,(H,10,11,13). The van der Waals surface area contributed by atoms with Crippen LogP contribution in [0.4, 0.5) is 5.69 Å². The van der Waals surface area contributed by atoms with Gasteiger partial charge in [0, 0.05) is 6.07 Å². The normalized spacial score (nSPS) is 10.3. The number of rotatable bonds is 2. The minimum atomic E-state index is -0.575. The fourth-order valence-corrected chi connectivity index (χ4v) is 1.37. The molecule has 0 saturated carbocycles. The van der Waals surface area contributed by atoms with E-state index in [4.69, 9.17) is 4.74 Å². The number of aromatic hydroxyl groups is 1. The molecule has 16 heavy (non-hydrogen) atoms. The number of non-ortho nitro benzene ring substituents is 1. The second kappa shape index (κ2) is 3.61. The van der Waals surface area contributed by atoms with Crippen molar-refractivity contribution in [1.29, 1.82) is 0 Å². The molecule has 0 bridgehead atoms. The molecule has 0 radical (unpaired) electrons. The van der Waals surface area contributed by atoms with Crippen LogP contribution in [0.2, 0.25) is 0 Å². The number of aromatic nitrogens is 2. The van der Waals surface area contributed by atoms with Crippen molar-refractivity contribution in [3.05, 3.63) is 28.6 Å². The fourth-order valence-electron chi connectivity index (χ4n) is 1.37. The number of fused-ring (bicyclic) bond motifs is 1. The highest BCUT2D eigenvalue weighted by Gasteiger charge is 2.15. The van der Waals surface area contributed by atoms with Gasteiger partial charge in [-0.05, 0) is 0 Å². The Morgan fingerprint density at radius 1 is 1.44 bits per heavy atom. The molecule has 0 spiro atoms. The lowest BCUT2D eigenvalue weighted by atomic mass is 10.2. The van der Waals surface area contributed by atoms with Gasteiger partial charge in [0.2, 0.25) is 5.88 Å². The molecular formula is C9H7N3O4. The van der Waals surface area contributed by atoms with Gasteiger partial charge < -0.3 is 9.84 Å². The lowest BCUT2D eigenvalue weighted by Gasteiger charge is -2.04. The van der Waals surface area contributed by atoms with Crippen LogP contribution in [0.25, 0.3) is 10.9 Å². The maximum Gasteiger partial charge on any atom is 0.274 e. The van der Waals surface area contributed by atoms with Crippen molar-refractivity contribution >= 4 is 16.6 Å². The average molecular weight is 221 g/mol. The van der Waals surface area contributed by atoms with E-state index in [0.717, 1.165) is 6.33 Å². The van der Waals surface area contributed by atoms with E-state index in [2.05, 4.69) is 9.97 Å². The molecular weight excluding hydrogens is 214 g/mol. The highest BCUT2D eigenvalue weighted by molar-refractivity contribution is 5.90. The lowest BCUT2D eigenvalue weighted by Crippen LogP contribution is -1.93. The molecule has 1 heterocycles. The Morgan fingerprint density at radius 3 is 2.81 bits per heavy atom. The van der Waals surface area contributed by atoms with Gasteiger partial charge in [-0.25, -0.2) is 9.97 Å². The Labute approximate surface area is 89.5 Å². The minimum absolute atomic E-state index is 0.186. The van der Waals surface area contributed by atoms with Gasteiger partial charge in [0.1, 0.15) is 11.8 Å². The van der Waals surface area contributed by atoms with Crippen LogP contribution in [-0.4, -0.2) is 27.1 Å². The molecule has 1 aromatic heterocycles. The summed E-state index contributed by atoms with van der Waals surface area (Å²) in [6, 6.07) is 2.45. The lowest BCUT2D eigenvalue weighted by molar-refractivity contribution is -0.384. The SMILES string of the molecule is COc1cc([N+](=O)[O-])cc2c(O)ncnc12. The number of nitro benzene ring substituents is 1. The molecule has 2 rings (SSSR count). The zero-order valence-corrected chi connectivity index (χ0v) is 8.25. The molecule has 1 aromatic carbocycles. The summed E-state index contributed by atoms with van der Waals surface area (Å²) >= 11 is 0. The number of hydrogen-bond donors (Lipinski definition) is 1. The first kappa shape index (κ1) is 10.1.